The predicted octanol–water partition coefficient (Wildman–Crippen LogP) is 3.28. The Morgan fingerprint density at radius 2 is 2.20 bits per heavy atom. The Bertz CT molecular complexity index is 212. The van der Waals surface area contributed by atoms with Gasteiger partial charge in [0.05, 0.1) is 0 Å². The third kappa shape index (κ3) is 2.03. The molecule has 0 bridgehead atoms. The molecular weight excluding hydrogens is 208 g/mol. The van der Waals surface area contributed by atoms with Crippen LogP contribution in [0, 0.1) is 13.0 Å². The van der Waals surface area contributed by atoms with Crippen LogP contribution in [0.3, 0.4) is 0 Å². The average Bonchev–Trinajstić information content (AvgIpc) is 1.85. The second-order valence-electron chi connectivity index (χ2n) is 2.05. The minimum absolute atomic E-state index is 1.13. The van der Waals surface area contributed by atoms with Gasteiger partial charge < -0.3 is 0 Å². The zero-order chi connectivity index (χ0) is 7.56. The van der Waals surface area contributed by atoms with Crippen molar-refractivity contribution in [3.05, 3.63) is 28.2 Å². The minimum atomic E-state index is 1.13. The van der Waals surface area contributed by atoms with Crippen molar-refractivity contribution in [1.29, 1.82) is 0 Å². The summed E-state index contributed by atoms with van der Waals surface area (Å²) >= 11 is 5.13. The topological polar surface area (TPSA) is 0 Å². The van der Waals surface area contributed by atoms with Crippen LogP contribution >= 0.6 is 27.7 Å². The fourth-order valence-corrected chi connectivity index (χ4v) is 1.98. The third-order valence-electron chi connectivity index (χ3n) is 1.16. The molecule has 2 heteroatoms. The van der Waals surface area contributed by atoms with E-state index in [1.54, 1.807) is 11.8 Å². The second-order valence-corrected chi connectivity index (χ2v) is 3.81. The lowest BCUT2D eigenvalue weighted by Crippen LogP contribution is -1.75. The van der Waals surface area contributed by atoms with E-state index in [0.29, 0.717) is 0 Å². The number of benzene rings is 1. The fourth-order valence-electron chi connectivity index (χ4n) is 0.750. The molecule has 0 aliphatic rings. The van der Waals surface area contributed by atoms with Crippen molar-refractivity contribution in [1.82, 2.24) is 0 Å². The van der Waals surface area contributed by atoms with Crippen LogP contribution in [-0.4, -0.2) is 6.26 Å². The second kappa shape index (κ2) is 3.44. The van der Waals surface area contributed by atoms with E-state index in [-0.39, 0.29) is 0 Å². The summed E-state index contributed by atoms with van der Waals surface area (Å²) in [7, 11) is 0. The van der Waals surface area contributed by atoms with Crippen molar-refractivity contribution in [2.45, 2.75) is 11.8 Å². The van der Waals surface area contributed by atoms with Crippen molar-refractivity contribution in [3.8, 4) is 0 Å². The van der Waals surface area contributed by atoms with Crippen molar-refractivity contribution in [2.24, 2.45) is 0 Å². The van der Waals surface area contributed by atoms with Crippen molar-refractivity contribution < 1.29 is 0 Å². The fraction of sp³-hybridized carbons (Fsp3) is 0.250. The molecule has 0 saturated carbocycles. The summed E-state index contributed by atoms with van der Waals surface area (Å²) < 4.78 is 1.13. The Balaban J connectivity index is 3.06. The van der Waals surface area contributed by atoms with E-state index in [0.717, 1.165) is 4.47 Å². The van der Waals surface area contributed by atoms with Crippen LogP contribution in [0.15, 0.2) is 21.5 Å². The van der Waals surface area contributed by atoms with Crippen molar-refractivity contribution in [2.75, 3.05) is 6.26 Å². The van der Waals surface area contributed by atoms with Crippen molar-refractivity contribution >= 4 is 27.7 Å². The zero-order valence-electron chi connectivity index (χ0n) is 5.94. The molecule has 0 unspecified atom stereocenters. The van der Waals surface area contributed by atoms with E-state index in [4.69, 9.17) is 0 Å². The van der Waals surface area contributed by atoms with Gasteiger partial charge in [-0.05, 0) is 36.9 Å². The number of halogens is 1. The molecule has 0 atom stereocenters. The number of hydrogen-bond donors (Lipinski definition) is 0. The molecule has 0 heterocycles. The Hall–Kier alpha value is 0.0500. The summed E-state index contributed by atoms with van der Waals surface area (Å²) in [6.07, 6.45) is 2.05. The summed E-state index contributed by atoms with van der Waals surface area (Å²) in [6, 6.07) is 7.35. The molecule has 0 spiro atoms. The maximum absolute atomic E-state index is 3.42. The SMILES string of the molecule is CSc1[c]c(C)cc(Br)c1. The number of rotatable bonds is 1. The van der Waals surface area contributed by atoms with Crippen LogP contribution in [0.2, 0.25) is 0 Å². The summed E-state index contributed by atoms with van der Waals surface area (Å²) in [4.78, 5) is 1.19. The Labute approximate surface area is 74.2 Å². The summed E-state index contributed by atoms with van der Waals surface area (Å²) in [5.41, 5.74) is 1.18. The van der Waals surface area contributed by atoms with Gasteiger partial charge in [-0.15, -0.1) is 11.8 Å². The number of thioether (sulfide) groups is 1. The molecule has 1 rings (SSSR count). The highest BCUT2D eigenvalue weighted by atomic mass is 79.9. The monoisotopic (exact) mass is 215 g/mol. The first-order valence-electron chi connectivity index (χ1n) is 2.96. The maximum Gasteiger partial charge on any atom is 0.0189 e. The van der Waals surface area contributed by atoms with Crippen LogP contribution in [0.1, 0.15) is 5.56 Å². The number of hydrogen-bond acceptors (Lipinski definition) is 1. The first-order valence-corrected chi connectivity index (χ1v) is 4.97. The first kappa shape index (κ1) is 8.15. The van der Waals surface area contributed by atoms with Gasteiger partial charge in [-0.25, -0.2) is 0 Å². The molecule has 1 radical (unpaired) electrons. The number of aryl methyl sites for hydroxylation is 1. The van der Waals surface area contributed by atoms with E-state index in [9.17, 15) is 0 Å². The molecule has 0 fully saturated rings. The molecule has 0 aliphatic heterocycles. The van der Waals surface area contributed by atoms with Gasteiger partial charge in [0, 0.05) is 9.37 Å². The summed E-state index contributed by atoms with van der Waals surface area (Å²) in [6.45, 7) is 2.05. The predicted molar refractivity (Wildman–Crippen MR) is 49.5 cm³/mol. The molecule has 1 aromatic rings. The normalized spacial score (nSPS) is 9.90. The van der Waals surface area contributed by atoms with Gasteiger partial charge in [-0.1, -0.05) is 15.9 Å². The van der Waals surface area contributed by atoms with Gasteiger partial charge in [-0.2, -0.15) is 0 Å². The van der Waals surface area contributed by atoms with Crippen LogP contribution in [-0.2, 0) is 0 Å². The highest BCUT2D eigenvalue weighted by Crippen LogP contribution is 2.20. The molecule has 0 amide bonds. The van der Waals surface area contributed by atoms with E-state index < -0.39 is 0 Å². The molecular formula is C8H8BrS. The molecule has 0 aliphatic carbocycles. The van der Waals surface area contributed by atoms with Gasteiger partial charge in [0.1, 0.15) is 0 Å². The largest absolute Gasteiger partial charge is 0.129 e. The smallest absolute Gasteiger partial charge is 0.0189 e. The van der Waals surface area contributed by atoms with Gasteiger partial charge in [0.2, 0.25) is 0 Å². The molecule has 0 aromatic heterocycles. The lowest BCUT2D eigenvalue weighted by molar-refractivity contribution is 1.33. The lowest BCUT2D eigenvalue weighted by atomic mass is 10.2. The highest BCUT2D eigenvalue weighted by molar-refractivity contribution is 9.10. The van der Waals surface area contributed by atoms with Gasteiger partial charge in [-0.3, -0.25) is 0 Å². The average molecular weight is 216 g/mol. The van der Waals surface area contributed by atoms with E-state index in [2.05, 4.69) is 40.4 Å². The minimum Gasteiger partial charge on any atom is -0.129 e. The Morgan fingerprint density at radius 1 is 1.50 bits per heavy atom. The Kier molecular flexibility index (Phi) is 2.81. The van der Waals surface area contributed by atoms with Gasteiger partial charge >= 0.3 is 0 Å². The lowest BCUT2D eigenvalue weighted by Gasteiger charge is -1.97. The van der Waals surface area contributed by atoms with Crippen LogP contribution in [0.4, 0.5) is 0 Å². The van der Waals surface area contributed by atoms with E-state index in [1.165, 1.54) is 10.5 Å². The third-order valence-corrected chi connectivity index (χ3v) is 2.28. The molecule has 0 saturated heterocycles. The van der Waals surface area contributed by atoms with Crippen molar-refractivity contribution in [3.63, 3.8) is 0 Å². The molecule has 1 aromatic carbocycles. The summed E-state index contributed by atoms with van der Waals surface area (Å²) in [5.74, 6) is 0. The van der Waals surface area contributed by atoms with E-state index in [1.807, 2.05) is 6.92 Å². The van der Waals surface area contributed by atoms with Gasteiger partial charge in [0.25, 0.3) is 0 Å². The zero-order valence-corrected chi connectivity index (χ0v) is 8.34. The van der Waals surface area contributed by atoms with E-state index >= 15 is 0 Å². The van der Waals surface area contributed by atoms with Gasteiger partial charge in [0.15, 0.2) is 0 Å². The molecule has 0 nitrogen and oxygen atoms in total. The molecule has 0 N–H and O–H groups in total. The van der Waals surface area contributed by atoms with Crippen LogP contribution < -0.4 is 0 Å². The first-order chi connectivity index (χ1) is 4.72. The molecule has 10 heavy (non-hydrogen) atoms. The van der Waals surface area contributed by atoms with Crippen LogP contribution in [0.25, 0.3) is 0 Å². The molecule has 53 valence electrons. The van der Waals surface area contributed by atoms with Crippen LogP contribution in [0.5, 0.6) is 0 Å². The summed E-state index contributed by atoms with van der Waals surface area (Å²) in [5, 5.41) is 0. The highest BCUT2D eigenvalue weighted by Gasteiger charge is 1.93. The Morgan fingerprint density at radius 3 is 2.70 bits per heavy atom. The standard InChI is InChI=1S/C8H8BrS/c1-6-3-7(9)5-8(4-6)10-2/h3,5H,1-2H3. The quantitative estimate of drug-likeness (QED) is 0.649. The maximum atomic E-state index is 3.42.